The lowest BCUT2D eigenvalue weighted by atomic mass is 9.85. The van der Waals surface area contributed by atoms with Gasteiger partial charge in [-0.1, -0.05) is 12.1 Å². The lowest BCUT2D eigenvalue weighted by Crippen LogP contribution is -2.30. The summed E-state index contributed by atoms with van der Waals surface area (Å²) in [6.45, 7) is 0.613. The molecule has 120 valence electrons. The second kappa shape index (κ2) is 6.30. The highest BCUT2D eigenvalue weighted by molar-refractivity contribution is 5.87. The first kappa shape index (κ1) is 15.4. The van der Waals surface area contributed by atoms with Crippen molar-refractivity contribution in [2.24, 2.45) is 0 Å². The fourth-order valence-electron chi connectivity index (χ4n) is 2.75. The van der Waals surface area contributed by atoms with Crippen molar-refractivity contribution < 1.29 is 24.1 Å². The number of benzene rings is 2. The number of carbonyl (C=O) groups is 1. The van der Waals surface area contributed by atoms with Gasteiger partial charge in [0.15, 0.2) is 0 Å². The minimum Gasteiger partial charge on any atom is -0.497 e. The molecule has 0 spiro atoms. The highest BCUT2D eigenvalue weighted by atomic mass is 16.5. The third kappa shape index (κ3) is 3.00. The van der Waals surface area contributed by atoms with E-state index in [2.05, 4.69) is 0 Å². The first-order chi connectivity index (χ1) is 11.1. The molecule has 0 saturated carbocycles. The van der Waals surface area contributed by atoms with Gasteiger partial charge >= 0.3 is 5.97 Å². The van der Waals surface area contributed by atoms with Crippen molar-refractivity contribution in [3.8, 4) is 11.5 Å². The van der Waals surface area contributed by atoms with Gasteiger partial charge in [-0.05, 0) is 35.4 Å². The third-order valence-electron chi connectivity index (χ3n) is 4.11. The number of carboxylic acid groups (broad SMARTS) is 1. The van der Waals surface area contributed by atoms with Crippen molar-refractivity contribution in [3.05, 3.63) is 59.2 Å². The number of hydrogen-bond acceptors (Lipinski definition) is 4. The van der Waals surface area contributed by atoms with Crippen molar-refractivity contribution >= 4 is 5.97 Å². The molecule has 2 aromatic carbocycles. The molecule has 0 unspecified atom stereocenters. The van der Waals surface area contributed by atoms with Crippen LogP contribution in [-0.2, 0) is 4.74 Å². The van der Waals surface area contributed by atoms with Crippen LogP contribution in [0.2, 0.25) is 0 Å². The molecule has 5 nitrogen and oxygen atoms in total. The summed E-state index contributed by atoms with van der Waals surface area (Å²) in [7, 11) is 3.25. The summed E-state index contributed by atoms with van der Waals surface area (Å²) in [6.07, 6.45) is -0.0883. The van der Waals surface area contributed by atoms with Gasteiger partial charge in [-0.3, -0.25) is 0 Å². The van der Waals surface area contributed by atoms with Crippen LogP contribution in [-0.4, -0.2) is 31.9 Å². The van der Waals surface area contributed by atoms with Crippen LogP contribution in [0.1, 0.15) is 33.5 Å². The minimum atomic E-state index is -0.930. The van der Waals surface area contributed by atoms with Crippen molar-refractivity contribution in [3.63, 3.8) is 0 Å². The van der Waals surface area contributed by atoms with Gasteiger partial charge in [0.05, 0.1) is 32.5 Å². The Kier molecular flexibility index (Phi) is 4.21. The smallest absolute Gasteiger partial charge is 0.335 e. The molecular formula is C18H18O5. The van der Waals surface area contributed by atoms with Crippen LogP contribution in [0.15, 0.2) is 42.5 Å². The molecule has 0 aliphatic carbocycles. The Hall–Kier alpha value is -2.53. The lowest BCUT2D eigenvalue weighted by molar-refractivity contribution is -0.0796. The zero-order chi connectivity index (χ0) is 16.4. The van der Waals surface area contributed by atoms with Gasteiger partial charge in [0.25, 0.3) is 0 Å². The highest BCUT2D eigenvalue weighted by Gasteiger charge is 2.35. The molecule has 1 aliphatic heterocycles. The van der Waals surface area contributed by atoms with Crippen molar-refractivity contribution in [1.82, 2.24) is 0 Å². The second-order valence-electron chi connectivity index (χ2n) is 5.43. The minimum absolute atomic E-state index is 0.0883. The number of methoxy groups -OCH3 is 2. The topological polar surface area (TPSA) is 65.0 Å². The van der Waals surface area contributed by atoms with Crippen molar-refractivity contribution in [2.75, 3.05) is 20.8 Å². The van der Waals surface area contributed by atoms with E-state index in [-0.39, 0.29) is 17.6 Å². The van der Waals surface area contributed by atoms with Crippen LogP contribution in [0, 0.1) is 0 Å². The van der Waals surface area contributed by atoms with E-state index < -0.39 is 5.97 Å². The summed E-state index contributed by atoms with van der Waals surface area (Å²) in [5.74, 6) is 0.743. The molecule has 0 amide bonds. The fourth-order valence-corrected chi connectivity index (χ4v) is 2.75. The van der Waals surface area contributed by atoms with Crippen LogP contribution in [0.25, 0.3) is 0 Å². The van der Waals surface area contributed by atoms with E-state index in [9.17, 15) is 4.79 Å². The fraction of sp³-hybridized carbons (Fsp3) is 0.278. The molecule has 23 heavy (non-hydrogen) atoms. The van der Waals surface area contributed by atoms with Crippen LogP contribution in [0.5, 0.6) is 11.5 Å². The molecule has 1 N–H and O–H groups in total. The third-order valence-corrected chi connectivity index (χ3v) is 4.11. The van der Waals surface area contributed by atoms with E-state index in [0.29, 0.717) is 6.61 Å². The Morgan fingerprint density at radius 3 is 2.09 bits per heavy atom. The van der Waals surface area contributed by atoms with Crippen molar-refractivity contribution in [2.45, 2.75) is 12.0 Å². The number of rotatable bonds is 5. The van der Waals surface area contributed by atoms with Crippen molar-refractivity contribution in [1.29, 1.82) is 0 Å². The average Bonchev–Trinajstić information content (AvgIpc) is 2.54. The Morgan fingerprint density at radius 1 is 1.04 bits per heavy atom. The van der Waals surface area contributed by atoms with Crippen LogP contribution in [0.3, 0.4) is 0 Å². The molecule has 5 heteroatoms. The molecule has 0 aromatic heterocycles. The number of carboxylic acids is 1. The predicted molar refractivity (Wildman–Crippen MR) is 84.4 cm³/mol. The molecule has 0 radical (unpaired) electrons. The molecule has 2 atom stereocenters. The van der Waals surface area contributed by atoms with Gasteiger partial charge in [0.2, 0.25) is 0 Å². The van der Waals surface area contributed by atoms with Gasteiger partial charge < -0.3 is 19.3 Å². The lowest BCUT2D eigenvalue weighted by Gasteiger charge is -2.37. The van der Waals surface area contributed by atoms with E-state index in [4.69, 9.17) is 19.3 Å². The molecular weight excluding hydrogens is 296 g/mol. The van der Waals surface area contributed by atoms with Crippen LogP contribution in [0.4, 0.5) is 0 Å². The molecule has 0 bridgehead atoms. The van der Waals surface area contributed by atoms with E-state index in [1.807, 2.05) is 18.2 Å². The maximum Gasteiger partial charge on any atom is 0.335 e. The monoisotopic (exact) mass is 314 g/mol. The summed E-state index contributed by atoms with van der Waals surface area (Å²) in [6, 6.07) is 12.6. The number of aromatic carboxylic acids is 1. The Labute approximate surface area is 134 Å². The Balaban J connectivity index is 1.85. The maximum atomic E-state index is 10.9. The quantitative estimate of drug-likeness (QED) is 0.917. The largest absolute Gasteiger partial charge is 0.497 e. The summed E-state index contributed by atoms with van der Waals surface area (Å²) in [5, 5.41) is 8.97. The zero-order valence-corrected chi connectivity index (χ0v) is 13.0. The van der Waals surface area contributed by atoms with Gasteiger partial charge in [-0.25, -0.2) is 4.79 Å². The second-order valence-corrected chi connectivity index (χ2v) is 5.43. The van der Waals surface area contributed by atoms with Crippen LogP contribution < -0.4 is 9.47 Å². The first-order valence-corrected chi connectivity index (χ1v) is 7.30. The molecule has 1 heterocycles. The summed E-state index contributed by atoms with van der Waals surface area (Å²) < 4.78 is 16.3. The summed E-state index contributed by atoms with van der Waals surface area (Å²) in [4.78, 5) is 10.9. The van der Waals surface area contributed by atoms with E-state index in [1.54, 1.807) is 38.5 Å². The Bertz CT molecular complexity index is 686. The first-order valence-electron chi connectivity index (χ1n) is 7.30. The van der Waals surface area contributed by atoms with E-state index in [1.165, 1.54) is 0 Å². The van der Waals surface area contributed by atoms with Gasteiger partial charge in [-0.15, -0.1) is 0 Å². The molecule has 3 rings (SSSR count). The van der Waals surface area contributed by atoms with Gasteiger partial charge in [0, 0.05) is 12.0 Å². The standard InChI is InChI=1S/C18H18O5/c1-21-14-7-13(8-15(9-14)22-2)16-10-23-17(16)11-3-5-12(6-4-11)18(19)20/h3-9,16-17H,10H2,1-2H3,(H,19,20)/t16-,17-/m1/s1. The molecule has 2 aromatic rings. The SMILES string of the molecule is COc1cc(OC)cc([C@H]2CO[C@@H]2c2ccc(C(=O)O)cc2)c1. The average molecular weight is 314 g/mol. The Morgan fingerprint density at radius 2 is 1.65 bits per heavy atom. The van der Waals surface area contributed by atoms with Gasteiger partial charge in [0.1, 0.15) is 11.5 Å². The number of hydrogen-bond donors (Lipinski definition) is 1. The number of ether oxygens (including phenoxy) is 3. The molecule has 1 saturated heterocycles. The molecule has 1 aliphatic rings. The van der Waals surface area contributed by atoms with Crippen LogP contribution >= 0.6 is 0 Å². The predicted octanol–water partition coefficient (Wildman–Crippen LogP) is 3.26. The zero-order valence-electron chi connectivity index (χ0n) is 13.0. The highest BCUT2D eigenvalue weighted by Crippen LogP contribution is 2.44. The van der Waals surface area contributed by atoms with E-state index >= 15 is 0 Å². The van der Waals surface area contributed by atoms with E-state index in [0.717, 1.165) is 22.6 Å². The normalized spacial score (nSPS) is 19.7. The maximum absolute atomic E-state index is 10.9. The molecule has 1 fully saturated rings. The summed E-state index contributed by atoms with van der Waals surface area (Å²) in [5.41, 5.74) is 2.32. The summed E-state index contributed by atoms with van der Waals surface area (Å²) >= 11 is 0. The van der Waals surface area contributed by atoms with Gasteiger partial charge in [-0.2, -0.15) is 0 Å².